The third-order valence-electron chi connectivity index (χ3n) is 3.18. The number of carbonyl (C=O) groups is 2. The van der Waals surface area contributed by atoms with Crippen LogP contribution in [0.15, 0.2) is 59.5 Å². The smallest absolute Gasteiger partial charge is 0.204 e. The van der Waals surface area contributed by atoms with Gasteiger partial charge in [0.15, 0.2) is 16.8 Å². The maximum Gasteiger partial charge on any atom is 0.204 e. The van der Waals surface area contributed by atoms with Gasteiger partial charge in [-0.15, -0.1) is 0 Å². The van der Waals surface area contributed by atoms with Crippen LogP contribution in [0.5, 0.6) is 0 Å². The second-order valence-corrected chi connectivity index (χ2v) is 6.24. The van der Waals surface area contributed by atoms with Crippen LogP contribution in [0.1, 0.15) is 20.7 Å². The van der Waals surface area contributed by atoms with E-state index in [0.717, 1.165) is 6.08 Å². The van der Waals surface area contributed by atoms with Crippen LogP contribution >= 0.6 is 11.6 Å². The molecule has 1 N–H and O–H groups in total. The van der Waals surface area contributed by atoms with Gasteiger partial charge in [-0.05, 0) is 24.3 Å². The lowest BCUT2D eigenvalue weighted by Crippen LogP contribution is -2.22. The molecule has 4 nitrogen and oxygen atoms in total. The van der Waals surface area contributed by atoms with Crippen LogP contribution in [0.4, 0.5) is 5.69 Å². The number of ketones is 2. The number of rotatable bonds is 3. The van der Waals surface area contributed by atoms with Crippen molar-refractivity contribution in [3.63, 3.8) is 0 Å². The highest BCUT2D eigenvalue weighted by molar-refractivity contribution is 7.91. The molecular weight excluding hydrogens is 322 g/mol. The van der Waals surface area contributed by atoms with Gasteiger partial charge in [0.05, 0.1) is 0 Å². The molecule has 0 bridgehead atoms. The third kappa shape index (κ3) is 2.73. The number of halogens is 1. The number of carbonyl (C=O) groups excluding carboxylic acids is 2. The van der Waals surface area contributed by atoms with Gasteiger partial charge in [-0.25, -0.2) is 4.21 Å². The first-order valence-electron chi connectivity index (χ1n) is 6.40. The summed E-state index contributed by atoms with van der Waals surface area (Å²) in [6, 6.07) is 13.1. The molecule has 2 aromatic carbocycles. The molecule has 0 fully saturated rings. The van der Waals surface area contributed by atoms with Gasteiger partial charge in [-0.1, -0.05) is 35.9 Å². The van der Waals surface area contributed by atoms with Crippen LogP contribution in [0, 0.1) is 0 Å². The van der Waals surface area contributed by atoms with E-state index in [1.54, 1.807) is 48.5 Å². The van der Waals surface area contributed by atoms with Crippen molar-refractivity contribution in [1.29, 1.82) is 0 Å². The van der Waals surface area contributed by atoms with Crippen molar-refractivity contribution in [3.05, 3.63) is 75.7 Å². The quantitative estimate of drug-likeness (QED) is 0.937. The molecule has 1 aliphatic rings. The number of nitrogens with one attached hydrogen (secondary N) is 1. The van der Waals surface area contributed by atoms with Crippen LogP contribution in [0.25, 0.3) is 0 Å². The van der Waals surface area contributed by atoms with E-state index in [-0.39, 0.29) is 16.3 Å². The molecule has 6 heteroatoms. The Balaban J connectivity index is 1.89. The zero-order valence-corrected chi connectivity index (χ0v) is 12.8. The van der Waals surface area contributed by atoms with Gasteiger partial charge in [0.1, 0.15) is 4.91 Å². The Morgan fingerprint density at radius 3 is 2.23 bits per heavy atom. The molecule has 1 aliphatic carbocycles. The van der Waals surface area contributed by atoms with E-state index < -0.39 is 16.8 Å². The summed E-state index contributed by atoms with van der Waals surface area (Å²) in [5.41, 5.74) is 1.15. The molecule has 0 radical (unpaired) electrons. The Morgan fingerprint density at radius 1 is 0.909 bits per heavy atom. The first-order valence-corrected chi connectivity index (χ1v) is 7.93. The Hall–Kier alpha value is -2.24. The van der Waals surface area contributed by atoms with E-state index in [2.05, 4.69) is 4.72 Å². The highest BCUT2D eigenvalue weighted by atomic mass is 35.5. The lowest BCUT2D eigenvalue weighted by atomic mass is 9.95. The summed E-state index contributed by atoms with van der Waals surface area (Å²) in [6.07, 6.45) is 1.13. The molecule has 3 rings (SSSR count). The van der Waals surface area contributed by atoms with Crippen molar-refractivity contribution >= 4 is 39.8 Å². The topological polar surface area (TPSA) is 63.2 Å². The average Bonchev–Trinajstić information content (AvgIpc) is 2.53. The maximum atomic E-state index is 12.4. The fraction of sp³-hybridized carbons (Fsp3) is 0. The molecule has 2 aromatic rings. The molecule has 0 aromatic heterocycles. The summed E-state index contributed by atoms with van der Waals surface area (Å²) < 4.78 is 15.0. The predicted octanol–water partition coefficient (Wildman–Crippen LogP) is 3.38. The molecule has 0 saturated heterocycles. The summed E-state index contributed by atoms with van der Waals surface area (Å²) >= 11 is 5.78. The summed E-state index contributed by atoms with van der Waals surface area (Å²) in [5.74, 6) is -0.730. The molecule has 0 aliphatic heterocycles. The van der Waals surface area contributed by atoms with E-state index >= 15 is 0 Å². The van der Waals surface area contributed by atoms with Crippen molar-refractivity contribution in [2.24, 2.45) is 0 Å². The monoisotopic (exact) mass is 331 g/mol. The van der Waals surface area contributed by atoms with Crippen LogP contribution < -0.4 is 4.72 Å². The van der Waals surface area contributed by atoms with Gasteiger partial charge >= 0.3 is 0 Å². The highest BCUT2D eigenvalue weighted by Crippen LogP contribution is 2.24. The van der Waals surface area contributed by atoms with Gasteiger partial charge in [0.2, 0.25) is 5.78 Å². The molecule has 1 atom stereocenters. The van der Waals surface area contributed by atoms with E-state index in [4.69, 9.17) is 11.6 Å². The van der Waals surface area contributed by atoms with Crippen LogP contribution in [0.2, 0.25) is 5.02 Å². The average molecular weight is 332 g/mol. The summed E-state index contributed by atoms with van der Waals surface area (Å²) in [6.45, 7) is 0. The minimum absolute atomic E-state index is 0.0568. The van der Waals surface area contributed by atoms with E-state index in [1.165, 1.54) is 0 Å². The van der Waals surface area contributed by atoms with Crippen molar-refractivity contribution in [1.82, 2.24) is 0 Å². The molecular formula is C16H10ClNO3S. The number of hydrogen-bond acceptors (Lipinski definition) is 3. The van der Waals surface area contributed by atoms with Gasteiger partial charge in [0.25, 0.3) is 0 Å². The number of anilines is 1. The number of allylic oxidation sites excluding steroid dienone is 2. The normalized spacial score (nSPS) is 15.0. The Labute approximate surface area is 134 Å². The van der Waals surface area contributed by atoms with Crippen molar-refractivity contribution < 1.29 is 13.8 Å². The molecule has 0 heterocycles. The van der Waals surface area contributed by atoms with Gasteiger partial charge < -0.3 is 4.72 Å². The Bertz CT molecular complexity index is 828. The van der Waals surface area contributed by atoms with Gasteiger partial charge in [0, 0.05) is 27.9 Å². The Kier molecular flexibility index (Phi) is 3.92. The summed E-state index contributed by atoms with van der Waals surface area (Å²) in [5, 5.41) is 0.549. The Morgan fingerprint density at radius 2 is 1.55 bits per heavy atom. The molecule has 0 spiro atoms. The first-order chi connectivity index (χ1) is 10.6. The lowest BCUT2D eigenvalue weighted by Gasteiger charge is -2.15. The standard InChI is InChI=1S/C16H10ClNO3S/c17-10-5-7-11(8-6-10)18-22(21)15-9-14(19)12-3-1-2-4-13(12)16(15)20/h1-9,18H. The second-order valence-electron chi connectivity index (χ2n) is 4.63. The van der Waals surface area contributed by atoms with Gasteiger partial charge in [-0.2, -0.15) is 0 Å². The van der Waals surface area contributed by atoms with Gasteiger partial charge in [-0.3, -0.25) is 9.59 Å². The zero-order valence-electron chi connectivity index (χ0n) is 11.2. The molecule has 1 unspecified atom stereocenters. The third-order valence-corrected chi connectivity index (χ3v) is 4.55. The number of Topliss-reactive ketones (excluding diaryl/α,β-unsaturated/α-hetero) is 1. The number of fused-ring (bicyclic) bond motifs is 1. The second kappa shape index (κ2) is 5.87. The largest absolute Gasteiger partial charge is 0.301 e. The first kappa shape index (κ1) is 14.7. The molecule has 0 saturated carbocycles. The fourth-order valence-corrected chi connectivity index (χ4v) is 3.19. The fourth-order valence-electron chi connectivity index (χ4n) is 2.11. The minimum atomic E-state index is -1.82. The highest BCUT2D eigenvalue weighted by Gasteiger charge is 2.28. The SMILES string of the molecule is O=C1C=C(S(=O)Nc2ccc(Cl)cc2)C(=O)c2ccccc21. The minimum Gasteiger partial charge on any atom is -0.301 e. The summed E-state index contributed by atoms with van der Waals surface area (Å²) in [4.78, 5) is 24.4. The number of hydrogen-bond donors (Lipinski definition) is 1. The maximum absolute atomic E-state index is 12.4. The predicted molar refractivity (Wildman–Crippen MR) is 86.4 cm³/mol. The van der Waals surface area contributed by atoms with Crippen molar-refractivity contribution in [2.75, 3.05) is 4.72 Å². The van der Waals surface area contributed by atoms with E-state index in [1.807, 2.05) is 0 Å². The van der Waals surface area contributed by atoms with Crippen LogP contribution in [-0.4, -0.2) is 15.8 Å². The van der Waals surface area contributed by atoms with Crippen molar-refractivity contribution in [3.8, 4) is 0 Å². The van der Waals surface area contributed by atoms with Crippen LogP contribution in [-0.2, 0) is 11.0 Å². The molecule has 0 amide bonds. The van der Waals surface area contributed by atoms with Crippen molar-refractivity contribution in [2.45, 2.75) is 0 Å². The molecule has 110 valence electrons. The van der Waals surface area contributed by atoms with E-state index in [0.29, 0.717) is 16.3 Å². The van der Waals surface area contributed by atoms with E-state index in [9.17, 15) is 13.8 Å². The molecule has 22 heavy (non-hydrogen) atoms. The zero-order chi connectivity index (χ0) is 15.7. The summed E-state index contributed by atoms with van der Waals surface area (Å²) in [7, 11) is -1.82. The lowest BCUT2D eigenvalue weighted by molar-refractivity contribution is 0.0991. The van der Waals surface area contributed by atoms with Crippen LogP contribution in [0.3, 0.4) is 0 Å². The number of benzene rings is 2.